The number of carbonyl (C=O) groups excluding carboxylic acids is 1. The van der Waals surface area contributed by atoms with Crippen LogP contribution in [0.2, 0.25) is 0 Å². The average molecular weight is 263 g/mol. The van der Waals surface area contributed by atoms with Crippen molar-refractivity contribution in [3.63, 3.8) is 0 Å². The number of carbonyl (C=O) groups is 2. The zero-order valence-electron chi connectivity index (χ0n) is 10.8. The normalized spacial score (nSPS) is 20.9. The fourth-order valence-electron chi connectivity index (χ4n) is 2.10. The summed E-state index contributed by atoms with van der Waals surface area (Å²) < 4.78 is 5.09. The first-order valence-electron chi connectivity index (χ1n) is 6.19. The van der Waals surface area contributed by atoms with Gasteiger partial charge in [0, 0.05) is 13.7 Å². The first kappa shape index (κ1) is 13.5. The van der Waals surface area contributed by atoms with Crippen molar-refractivity contribution in [2.75, 3.05) is 7.11 Å². The summed E-state index contributed by atoms with van der Waals surface area (Å²) in [4.78, 5) is 22.5. The Morgan fingerprint density at radius 3 is 2.58 bits per heavy atom. The second-order valence-electron chi connectivity index (χ2n) is 4.71. The van der Waals surface area contributed by atoms with Gasteiger partial charge in [-0.15, -0.1) is 0 Å². The molecule has 2 atom stereocenters. The fraction of sp³-hybridized carbons (Fsp3) is 0.429. The SMILES string of the molecule is COCc1ccccc1CNC(=O)[C@H]1C[C@@H]1C(=O)O. The minimum absolute atomic E-state index is 0.181. The lowest BCUT2D eigenvalue weighted by Gasteiger charge is -2.09. The molecule has 1 aromatic carbocycles. The van der Waals surface area contributed by atoms with Crippen molar-refractivity contribution in [2.24, 2.45) is 11.8 Å². The monoisotopic (exact) mass is 263 g/mol. The van der Waals surface area contributed by atoms with E-state index < -0.39 is 11.9 Å². The number of ether oxygens (including phenoxy) is 1. The largest absolute Gasteiger partial charge is 0.481 e. The van der Waals surface area contributed by atoms with Gasteiger partial charge in [0.15, 0.2) is 0 Å². The van der Waals surface area contributed by atoms with Crippen LogP contribution in [0.1, 0.15) is 17.5 Å². The van der Waals surface area contributed by atoms with E-state index in [1.165, 1.54) is 0 Å². The second kappa shape index (κ2) is 5.84. The third kappa shape index (κ3) is 3.32. The molecule has 0 spiro atoms. The standard InChI is InChI=1S/C14H17NO4/c1-19-8-10-5-3-2-4-9(10)7-15-13(16)11-6-12(11)14(17)18/h2-5,11-12H,6-8H2,1H3,(H,15,16)(H,17,18)/t11-,12-/m0/s1. The summed E-state index contributed by atoms with van der Waals surface area (Å²) in [5, 5.41) is 11.6. The number of methoxy groups -OCH3 is 1. The maximum absolute atomic E-state index is 11.8. The van der Waals surface area contributed by atoms with Gasteiger partial charge in [0.1, 0.15) is 0 Å². The maximum Gasteiger partial charge on any atom is 0.307 e. The van der Waals surface area contributed by atoms with Crippen molar-refractivity contribution in [2.45, 2.75) is 19.6 Å². The Balaban J connectivity index is 1.89. The number of carboxylic acids is 1. The smallest absolute Gasteiger partial charge is 0.307 e. The van der Waals surface area contributed by atoms with E-state index in [0.717, 1.165) is 11.1 Å². The van der Waals surface area contributed by atoms with E-state index >= 15 is 0 Å². The number of amides is 1. The topological polar surface area (TPSA) is 75.6 Å². The summed E-state index contributed by atoms with van der Waals surface area (Å²) in [6, 6.07) is 7.69. The van der Waals surface area contributed by atoms with Gasteiger partial charge >= 0.3 is 5.97 Å². The molecule has 5 nitrogen and oxygen atoms in total. The van der Waals surface area contributed by atoms with Crippen LogP contribution in [0.4, 0.5) is 0 Å². The molecular formula is C14H17NO4. The van der Waals surface area contributed by atoms with Gasteiger partial charge in [0.25, 0.3) is 0 Å². The molecule has 1 fully saturated rings. The van der Waals surface area contributed by atoms with Crippen LogP contribution in [0.3, 0.4) is 0 Å². The number of rotatable bonds is 6. The van der Waals surface area contributed by atoms with Crippen LogP contribution in [0.5, 0.6) is 0 Å². The van der Waals surface area contributed by atoms with E-state index in [9.17, 15) is 9.59 Å². The molecule has 2 rings (SSSR count). The van der Waals surface area contributed by atoms with Crippen molar-refractivity contribution in [3.8, 4) is 0 Å². The molecule has 0 radical (unpaired) electrons. The molecule has 0 saturated heterocycles. The van der Waals surface area contributed by atoms with Crippen molar-refractivity contribution < 1.29 is 19.4 Å². The van der Waals surface area contributed by atoms with E-state index in [-0.39, 0.29) is 11.8 Å². The minimum atomic E-state index is -0.889. The van der Waals surface area contributed by atoms with E-state index in [4.69, 9.17) is 9.84 Å². The lowest BCUT2D eigenvalue weighted by atomic mass is 10.1. The summed E-state index contributed by atoms with van der Waals surface area (Å²) in [7, 11) is 1.62. The van der Waals surface area contributed by atoms with E-state index in [2.05, 4.69) is 5.32 Å². The van der Waals surface area contributed by atoms with Gasteiger partial charge in [-0.2, -0.15) is 0 Å². The van der Waals surface area contributed by atoms with Crippen molar-refractivity contribution in [3.05, 3.63) is 35.4 Å². The Kier molecular flexibility index (Phi) is 4.16. The molecule has 19 heavy (non-hydrogen) atoms. The van der Waals surface area contributed by atoms with E-state index in [1.807, 2.05) is 24.3 Å². The fourth-order valence-corrected chi connectivity index (χ4v) is 2.10. The number of benzene rings is 1. The highest BCUT2D eigenvalue weighted by molar-refractivity contribution is 5.89. The Morgan fingerprint density at radius 1 is 1.32 bits per heavy atom. The number of carboxylic acid groups (broad SMARTS) is 1. The Morgan fingerprint density at radius 2 is 2.00 bits per heavy atom. The number of hydrogen-bond acceptors (Lipinski definition) is 3. The quantitative estimate of drug-likeness (QED) is 0.807. The number of hydrogen-bond donors (Lipinski definition) is 2. The predicted octanol–water partition coefficient (Wildman–Crippen LogP) is 1.17. The van der Waals surface area contributed by atoms with Gasteiger partial charge in [-0.05, 0) is 17.5 Å². The van der Waals surface area contributed by atoms with Gasteiger partial charge in [0.2, 0.25) is 5.91 Å². The van der Waals surface area contributed by atoms with Crippen LogP contribution in [-0.4, -0.2) is 24.1 Å². The van der Waals surface area contributed by atoms with Crippen molar-refractivity contribution in [1.82, 2.24) is 5.32 Å². The summed E-state index contributed by atoms with van der Waals surface area (Å²) >= 11 is 0. The molecule has 2 N–H and O–H groups in total. The van der Waals surface area contributed by atoms with Gasteiger partial charge in [-0.25, -0.2) is 0 Å². The summed E-state index contributed by atoms with van der Waals surface area (Å²) in [6.45, 7) is 0.897. The zero-order chi connectivity index (χ0) is 13.8. The van der Waals surface area contributed by atoms with E-state index in [0.29, 0.717) is 19.6 Å². The third-order valence-corrected chi connectivity index (χ3v) is 3.32. The molecule has 0 heterocycles. The minimum Gasteiger partial charge on any atom is -0.481 e. The van der Waals surface area contributed by atoms with Gasteiger partial charge in [-0.3, -0.25) is 9.59 Å². The van der Waals surface area contributed by atoms with E-state index in [1.54, 1.807) is 7.11 Å². The second-order valence-corrected chi connectivity index (χ2v) is 4.71. The first-order chi connectivity index (χ1) is 9.13. The first-order valence-corrected chi connectivity index (χ1v) is 6.19. The molecule has 1 saturated carbocycles. The molecule has 1 aromatic rings. The van der Waals surface area contributed by atoms with Crippen molar-refractivity contribution in [1.29, 1.82) is 0 Å². The van der Waals surface area contributed by atoms with Gasteiger partial charge < -0.3 is 15.2 Å². The van der Waals surface area contributed by atoms with Crippen LogP contribution in [0.25, 0.3) is 0 Å². The average Bonchev–Trinajstić information content (AvgIpc) is 3.18. The van der Waals surface area contributed by atoms with Crippen LogP contribution < -0.4 is 5.32 Å². The Bertz CT molecular complexity index is 486. The maximum atomic E-state index is 11.8. The Hall–Kier alpha value is -1.88. The Labute approximate surface area is 111 Å². The molecule has 0 aromatic heterocycles. The molecule has 1 aliphatic rings. The predicted molar refractivity (Wildman–Crippen MR) is 68.2 cm³/mol. The van der Waals surface area contributed by atoms with Crippen LogP contribution in [0, 0.1) is 11.8 Å². The van der Waals surface area contributed by atoms with Crippen molar-refractivity contribution >= 4 is 11.9 Å². The van der Waals surface area contributed by atoms with Crippen LogP contribution in [0.15, 0.2) is 24.3 Å². The molecule has 1 aliphatic carbocycles. The molecule has 0 bridgehead atoms. The molecule has 102 valence electrons. The third-order valence-electron chi connectivity index (χ3n) is 3.32. The molecular weight excluding hydrogens is 246 g/mol. The highest BCUT2D eigenvalue weighted by atomic mass is 16.5. The molecule has 0 unspecified atom stereocenters. The lowest BCUT2D eigenvalue weighted by Crippen LogP contribution is -2.26. The number of aliphatic carboxylic acids is 1. The van der Waals surface area contributed by atoms with Crippen LogP contribution >= 0.6 is 0 Å². The summed E-state index contributed by atoms with van der Waals surface area (Å²) in [6.07, 6.45) is 0.445. The van der Waals surface area contributed by atoms with Gasteiger partial charge in [-0.1, -0.05) is 24.3 Å². The molecule has 1 amide bonds. The highest BCUT2D eigenvalue weighted by Gasteiger charge is 2.48. The summed E-state index contributed by atoms with van der Waals surface area (Å²) in [5.41, 5.74) is 2.01. The lowest BCUT2D eigenvalue weighted by molar-refractivity contribution is -0.140. The number of nitrogens with one attached hydrogen (secondary N) is 1. The zero-order valence-corrected chi connectivity index (χ0v) is 10.8. The summed E-state index contributed by atoms with van der Waals surface area (Å²) in [5.74, 6) is -1.94. The highest BCUT2D eigenvalue weighted by Crippen LogP contribution is 2.38. The van der Waals surface area contributed by atoms with Gasteiger partial charge in [0.05, 0.1) is 18.4 Å². The molecule has 0 aliphatic heterocycles. The molecule has 5 heteroatoms. The van der Waals surface area contributed by atoms with Crippen LogP contribution in [-0.2, 0) is 27.5 Å².